The van der Waals surface area contributed by atoms with Crippen molar-refractivity contribution in [2.24, 2.45) is 5.92 Å². The number of urea groups is 1. The highest BCUT2D eigenvalue weighted by Gasteiger charge is 2.34. The lowest BCUT2D eigenvalue weighted by atomic mass is 10.3. The summed E-state index contributed by atoms with van der Waals surface area (Å²) in [5.74, 6) is 0.539. The maximum absolute atomic E-state index is 12.3. The molecule has 1 saturated heterocycles. The first-order chi connectivity index (χ1) is 10.6. The number of rotatable bonds is 3. The zero-order valence-electron chi connectivity index (χ0n) is 12.9. The molecule has 2 aliphatic rings. The first kappa shape index (κ1) is 15.3. The summed E-state index contributed by atoms with van der Waals surface area (Å²) >= 11 is 1.56. The molecule has 7 heteroatoms. The number of carbonyl (C=O) groups is 2. The first-order valence-electron chi connectivity index (χ1n) is 7.85. The number of hydrogen-bond acceptors (Lipinski definition) is 4. The molecule has 120 valence electrons. The lowest BCUT2D eigenvalue weighted by Gasteiger charge is -2.22. The molecule has 1 aromatic heterocycles. The van der Waals surface area contributed by atoms with Crippen LogP contribution >= 0.6 is 11.3 Å². The fraction of sp³-hybridized carbons (Fsp3) is 0.667. The monoisotopic (exact) mass is 322 g/mol. The molecule has 1 aromatic rings. The average molecular weight is 322 g/mol. The van der Waals surface area contributed by atoms with Gasteiger partial charge in [0.1, 0.15) is 0 Å². The van der Waals surface area contributed by atoms with Crippen LogP contribution in [0.5, 0.6) is 0 Å². The lowest BCUT2D eigenvalue weighted by molar-refractivity contribution is -0.132. The highest BCUT2D eigenvalue weighted by molar-refractivity contribution is 7.09. The van der Waals surface area contributed by atoms with Crippen LogP contribution in [0.1, 0.15) is 29.8 Å². The van der Waals surface area contributed by atoms with Gasteiger partial charge in [0, 0.05) is 37.0 Å². The summed E-state index contributed by atoms with van der Waals surface area (Å²) in [7, 11) is 0. The molecule has 22 heavy (non-hydrogen) atoms. The molecule has 3 rings (SSSR count). The summed E-state index contributed by atoms with van der Waals surface area (Å²) < 4.78 is 0. The zero-order valence-corrected chi connectivity index (χ0v) is 13.7. The van der Waals surface area contributed by atoms with Crippen molar-refractivity contribution in [1.29, 1.82) is 0 Å². The van der Waals surface area contributed by atoms with Gasteiger partial charge in [-0.05, 0) is 26.2 Å². The number of hydrogen-bond donors (Lipinski definition) is 1. The Morgan fingerprint density at radius 3 is 2.68 bits per heavy atom. The number of nitrogens with zero attached hydrogens (tertiary/aromatic N) is 3. The summed E-state index contributed by atoms with van der Waals surface area (Å²) in [6, 6.07) is -0.0477. The molecule has 2 heterocycles. The van der Waals surface area contributed by atoms with Crippen molar-refractivity contribution in [1.82, 2.24) is 20.1 Å². The van der Waals surface area contributed by atoms with Gasteiger partial charge in [0.15, 0.2) is 0 Å². The van der Waals surface area contributed by atoms with Crippen molar-refractivity contribution in [2.75, 3.05) is 26.2 Å². The number of aryl methyl sites for hydroxylation is 1. The smallest absolute Gasteiger partial charge is 0.317 e. The lowest BCUT2D eigenvalue weighted by Crippen LogP contribution is -2.42. The second-order valence-corrected chi connectivity index (χ2v) is 6.90. The number of thiazole rings is 1. The summed E-state index contributed by atoms with van der Waals surface area (Å²) in [6.45, 7) is 5.23. The Kier molecular flexibility index (Phi) is 4.61. The maximum Gasteiger partial charge on any atom is 0.317 e. The Bertz CT molecular complexity index is 555. The Balaban J connectivity index is 1.48. The highest BCUT2D eigenvalue weighted by Crippen LogP contribution is 2.31. The molecular weight excluding hydrogens is 300 g/mol. The van der Waals surface area contributed by atoms with E-state index in [-0.39, 0.29) is 17.9 Å². The molecule has 3 amide bonds. The van der Waals surface area contributed by atoms with Gasteiger partial charge in [0.2, 0.25) is 5.91 Å². The zero-order chi connectivity index (χ0) is 15.5. The topological polar surface area (TPSA) is 65.5 Å². The molecule has 1 N–H and O–H groups in total. The van der Waals surface area contributed by atoms with Crippen molar-refractivity contribution < 1.29 is 9.59 Å². The van der Waals surface area contributed by atoms with Gasteiger partial charge in [-0.15, -0.1) is 11.3 Å². The van der Waals surface area contributed by atoms with Crippen LogP contribution in [0.15, 0.2) is 5.51 Å². The van der Waals surface area contributed by atoms with Crippen LogP contribution in [-0.4, -0.2) is 52.9 Å². The van der Waals surface area contributed by atoms with E-state index in [1.54, 1.807) is 16.8 Å². The van der Waals surface area contributed by atoms with Gasteiger partial charge in [-0.25, -0.2) is 9.78 Å². The minimum atomic E-state index is -0.0477. The Hall–Kier alpha value is -1.63. The molecule has 1 aliphatic heterocycles. The summed E-state index contributed by atoms with van der Waals surface area (Å²) in [4.78, 5) is 33.4. The summed E-state index contributed by atoms with van der Waals surface area (Å²) in [6.07, 6.45) is 2.92. The molecule has 1 saturated carbocycles. The van der Waals surface area contributed by atoms with Crippen LogP contribution in [0.4, 0.5) is 4.79 Å². The highest BCUT2D eigenvalue weighted by atomic mass is 32.1. The molecule has 0 unspecified atom stereocenters. The fourth-order valence-electron chi connectivity index (χ4n) is 2.69. The Labute approximate surface area is 134 Å². The molecule has 0 radical (unpaired) electrons. The van der Waals surface area contributed by atoms with Crippen molar-refractivity contribution in [3.05, 3.63) is 16.1 Å². The first-order valence-corrected chi connectivity index (χ1v) is 8.73. The van der Waals surface area contributed by atoms with Crippen molar-refractivity contribution in [3.63, 3.8) is 0 Å². The van der Waals surface area contributed by atoms with Gasteiger partial charge >= 0.3 is 6.03 Å². The van der Waals surface area contributed by atoms with Gasteiger partial charge in [-0.1, -0.05) is 0 Å². The number of amides is 3. The van der Waals surface area contributed by atoms with Crippen LogP contribution < -0.4 is 5.32 Å². The van der Waals surface area contributed by atoms with Crippen LogP contribution in [0.25, 0.3) is 0 Å². The molecule has 2 fully saturated rings. The van der Waals surface area contributed by atoms with Gasteiger partial charge in [0.05, 0.1) is 17.7 Å². The Morgan fingerprint density at radius 1 is 1.27 bits per heavy atom. The standard InChI is InChI=1S/C15H22N4O2S/c1-11-13(22-10-17-11)9-16-15(21)19-6-2-5-18(7-8-19)14(20)12-3-4-12/h10,12H,2-9H2,1H3,(H,16,21). The van der Waals surface area contributed by atoms with Gasteiger partial charge in [-0.3, -0.25) is 4.79 Å². The van der Waals surface area contributed by atoms with Crippen molar-refractivity contribution in [3.8, 4) is 0 Å². The molecule has 0 atom stereocenters. The molecule has 0 spiro atoms. The number of carbonyl (C=O) groups excluding carboxylic acids is 2. The van der Waals surface area contributed by atoms with E-state index in [1.807, 2.05) is 16.7 Å². The van der Waals surface area contributed by atoms with E-state index >= 15 is 0 Å². The predicted molar refractivity (Wildman–Crippen MR) is 84.6 cm³/mol. The van der Waals surface area contributed by atoms with Gasteiger partial charge < -0.3 is 15.1 Å². The van der Waals surface area contributed by atoms with Crippen LogP contribution in [0, 0.1) is 12.8 Å². The van der Waals surface area contributed by atoms with E-state index in [9.17, 15) is 9.59 Å². The molecule has 0 aromatic carbocycles. The van der Waals surface area contributed by atoms with Gasteiger partial charge in [0.25, 0.3) is 0 Å². The number of nitrogens with one attached hydrogen (secondary N) is 1. The quantitative estimate of drug-likeness (QED) is 0.919. The van der Waals surface area contributed by atoms with E-state index in [4.69, 9.17) is 0 Å². The second-order valence-electron chi connectivity index (χ2n) is 5.96. The fourth-order valence-corrected chi connectivity index (χ4v) is 3.41. The van der Waals surface area contributed by atoms with Crippen molar-refractivity contribution in [2.45, 2.75) is 32.7 Å². The number of aromatic nitrogens is 1. The summed E-state index contributed by atoms with van der Waals surface area (Å²) in [5, 5.41) is 2.96. The summed E-state index contributed by atoms with van der Waals surface area (Å²) in [5.41, 5.74) is 2.77. The van der Waals surface area contributed by atoms with E-state index in [0.29, 0.717) is 26.2 Å². The predicted octanol–water partition coefficient (Wildman–Crippen LogP) is 1.61. The molecular formula is C15H22N4O2S. The third-order valence-corrected chi connectivity index (χ3v) is 5.20. The molecule has 6 nitrogen and oxygen atoms in total. The third kappa shape index (κ3) is 3.58. The second kappa shape index (κ2) is 6.64. The van der Waals surface area contributed by atoms with Crippen LogP contribution in [0.3, 0.4) is 0 Å². The Morgan fingerprint density at radius 2 is 2.00 bits per heavy atom. The van der Waals surface area contributed by atoms with Crippen LogP contribution in [0.2, 0.25) is 0 Å². The van der Waals surface area contributed by atoms with Crippen LogP contribution in [-0.2, 0) is 11.3 Å². The molecule has 0 bridgehead atoms. The van der Waals surface area contributed by atoms with E-state index < -0.39 is 0 Å². The normalized spacial score (nSPS) is 19.0. The van der Waals surface area contributed by atoms with E-state index in [2.05, 4.69) is 10.3 Å². The molecule has 1 aliphatic carbocycles. The average Bonchev–Trinajstić information content (AvgIpc) is 3.31. The third-order valence-electron chi connectivity index (χ3n) is 4.27. The maximum atomic E-state index is 12.3. The SMILES string of the molecule is Cc1ncsc1CNC(=O)N1CCCN(C(=O)C2CC2)CC1. The minimum absolute atomic E-state index is 0.0477. The van der Waals surface area contributed by atoms with E-state index in [1.165, 1.54) is 0 Å². The van der Waals surface area contributed by atoms with Gasteiger partial charge in [-0.2, -0.15) is 0 Å². The van der Waals surface area contributed by atoms with Crippen molar-refractivity contribution >= 4 is 23.3 Å². The minimum Gasteiger partial charge on any atom is -0.341 e. The van der Waals surface area contributed by atoms with E-state index in [0.717, 1.165) is 36.4 Å². The largest absolute Gasteiger partial charge is 0.341 e.